The zero-order valence-electron chi connectivity index (χ0n) is 13.2. The van der Waals surface area contributed by atoms with Crippen LogP contribution in [-0.4, -0.2) is 13.7 Å². The quantitative estimate of drug-likeness (QED) is 0.930. The van der Waals surface area contributed by atoms with Crippen molar-refractivity contribution in [3.05, 3.63) is 52.0 Å². The van der Waals surface area contributed by atoms with Crippen LogP contribution < -0.4 is 10.1 Å². The minimum absolute atomic E-state index is 0.162. The molecule has 3 rings (SSSR count). The molecule has 1 atom stereocenters. The number of fused-ring (bicyclic) bond motifs is 1. The Morgan fingerprint density at radius 2 is 1.95 bits per heavy atom. The molecule has 0 spiro atoms. The van der Waals surface area contributed by atoms with Gasteiger partial charge in [0.15, 0.2) is 0 Å². The Kier molecular flexibility index (Phi) is 3.77. The van der Waals surface area contributed by atoms with Crippen molar-refractivity contribution < 1.29 is 9.15 Å². The van der Waals surface area contributed by atoms with Crippen molar-refractivity contribution in [2.45, 2.75) is 39.7 Å². The molecule has 0 saturated carbocycles. The van der Waals surface area contributed by atoms with Gasteiger partial charge in [0.2, 0.25) is 0 Å². The molecule has 3 heteroatoms. The zero-order valence-corrected chi connectivity index (χ0v) is 13.2. The summed E-state index contributed by atoms with van der Waals surface area (Å²) in [6.07, 6.45) is 2.20. The molecule has 112 valence electrons. The van der Waals surface area contributed by atoms with Crippen LogP contribution in [0.15, 0.2) is 22.6 Å². The Balaban J connectivity index is 2.04. The molecular weight excluding hydrogens is 262 g/mol. The van der Waals surface area contributed by atoms with Crippen LogP contribution in [0.25, 0.3) is 0 Å². The number of aryl methyl sites for hydroxylation is 3. The van der Waals surface area contributed by atoms with E-state index in [0.29, 0.717) is 0 Å². The lowest BCUT2D eigenvalue weighted by Crippen LogP contribution is -2.19. The Morgan fingerprint density at radius 1 is 1.14 bits per heavy atom. The number of hydrogen-bond acceptors (Lipinski definition) is 3. The lowest BCUT2D eigenvalue weighted by atomic mass is 9.93. The molecule has 2 aromatic rings. The van der Waals surface area contributed by atoms with Crippen LogP contribution in [0.4, 0.5) is 0 Å². The molecular formula is C18H23NO2. The Labute approximate surface area is 126 Å². The van der Waals surface area contributed by atoms with Crippen molar-refractivity contribution in [2.75, 3.05) is 13.7 Å². The number of nitrogens with one attached hydrogen (secondary N) is 1. The first-order valence-electron chi connectivity index (χ1n) is 7.61. The lowest BCUT2D eigenvalue weighted by molar-refractivity contribution is 0.288. The van der Waals surface area contributed by atoms with Gasteiger partial charge in [0, 0.05) is 5.56 Å². The highest BCUT2D eigenvalue weighted by molar-refractivity contribution is 5.45. The van der Waals surface area contributed by atoms with Crippen molar-refractivity contribution in [3.8, 4) is 5.75 Å². The van der Waals surface area contributed by atoms with Gasteiger partial charge in [-0.1, -0.05) is 12.1 Å². The summed E-state index contributed by atoms with van der Waals surface area (Å²) in [6, 6.07) is 6.70. The van der Waals surface area contributed by atoms with Crippen molar-refractivity contribution in [3.63, 3.8) is 0 Å². The van der Waals surface area contributed by atoms with Gasteiger partial charge in [-0.05, 0) is 63.4 Å². The molecule has 21 heavy (non-hydrogen) atoms. The molecule has 1 aromatic heterocycles. The summed E-state index contributed by atoms with van der Waals surface area (Å²) in [7, 11) is 2.00. The molecule has 3 nitrogen and oxygen atoms in total. The summed E-state index contributed by atoms with van der Waals surface area (Å²) in [5.74, 6) is 3.04. The fourth-order valence-corrected chi connectivity index (χ4v) is 3.27. The zero-order chi connectivity index (χ0) is 15.0. The SMILES string of the molecule is CNC(c1ccc2c(c1)CCCO2)c1c(C)oc(C)c1C. The van der Waals surface area contributed by atoms with Gasteiger partial charge in [0.25, 0.3) is 0 Å². The topological polar surface area (TPSA) is 34.4 Å². The van der Waals surface area contributed by atoms with E-state index in [0.717, 1.165) is 36.7 Å². The van der Waals surface area contributed by atoms with Crippen LogP contribution in [0.1, 0.15) is 46.2 Å². The highest BCUT2D eigenvalue weighted by atomic mass is 16.5. The van der Waals surface area contributed by atoms with E-state index in [-0.39, 0.29) is 6.04 Å². The fraction of sp³-hybridized carbons (Fsp3) is 0.444. The van der Waals surface area contributed by atoms with Gasteiger partial charge in [-0.3, -0.25) is 0 Å². The number of ether oxygens (including phenoxy) is 1. The molecule has 1 N–H and O–H groups in total. The third-order valence-electron chi connectivity index (χ3n) is 4.46. The molecule has 0 fully saturated rings. The first-order chi connectivity index (χ1) is 10.1. The van der Waals surface area contributed by atoms with Crippen LogP contribution in [0.2, 0.25) is 0 Å². The summed E-state index contributed by atoms with van der Waals surface area (Å²) in [5.41, 5.74) is 5.08. The van der Waals surface area contributed by atoms with Crippen LogP contribution in [0.3, 0.4) is 0 Å². The van der Waals surface area contributed by atoms with Crippen molar-refractivity contribution in [1.82, 2.24) is 5.32 Å². The second kappa shape index (κ2) is 5.57. The van der Waals surface area contributed by atoms with Crippen LogP contribution in [0.5, 0.6) is 5.75 Å². The molecule has 1 unspecified atom stereocenters. The second-order valence-corrected chi connectivity index (χ2v) is 5.79. The predicted molar refractivity (Wildman–Crippen MR) is 84.1 cm³/mol. The van der Waals surface area contributed by atoms with Gasteiger partial charge in [-0.15, -0.1) is 0 Å². The van der Waals surface area contributed by atoms with Crippen molar-refractivity contribution >= 4 is 0 Å². The van der Waals surface area contributed by atoms with Gasteiger partial charge in [0.1, 0.15) is 17.3 Å². The number of rotatable bonds is 3. The lowest BCUT2D eigenvalue weighted by Gasteiger charge is -2.22. The first kappa shape index (κ1) is 14.2. The monoisotopic (exact) mass is 285 g/mol. The highest BCUT2D eigenvalue weighted by Gasteiger charge is 2.22. The standard InChI is InChI=1S/C18H23NO2/c1-11-12(2)21-13(3)17(11)18(19-4)15-7-8-16-14(10-15)6-5-9-20-16/h7-8,10,18-19H,5-6,9H2,1-4H3. The van der Waals surface area contributed by atoms with Crippen LogP contribution in [-0.2, 0) is 6.42 Å². The van der Waals surface area contributed by atoms with Crippen LogP contribution in [0, 0.1) is 20.8 Å². The Morgan fingerprint density at radius 3 is 2.62 bits per heavy atom. The average Bonchev–Trinajstić information content (AvgIpc) is 2.74. The van der Waals surface area contributed by atoms with Crippen LogP contribution >= 0.6 is 0 Å². The molecule has 0 aliphatic carbocycles. The number of furan rings is 1. The van der Waals surface area contributed by atoms with E-state index < -0.39 is 0 Å². The highest BCUT2D eigenvalue weighted by Crippen LogP contribution is 2.34. The van der Waals surface area contributed by atoms with Crippen molar-refractivity contribution in [2.24, 2.45) is 0 Å². The maximum absolute atomic E-state index is 5.80. The molecule has 0 saturated heterocycles. The molecule has 1 aliphatic heterocycles. The summed E-state index contributed by atoms with van der Waals surface area (Å²) in [6.45, 7) is 7.04. The summed E-state index contributed by atoms with van der Waals surface area (Å²) in [4.78, 5) is 0. The molecule has 1 aromatic carbocycles. The third kappa shape index (κ3) is 2.46. The smallest absolute Gasteiger partial charge is 0.122 e. The largest absolute Gasteiger partial charge is 0.493 e. The third-order valence-corrected chi connectivity index (χ3v) is 4.46. The summed E-state index contributed by atoms with van der Waals surface area (Å²) < 4.78 is 11.5. The maximum Gasteiger partial charge on any atom is 0.122 e. The molecule has 0 amide bonds. The molecule has 0 bridgehead atoms. The van der Waals surface area contributed by atoms with Crippen molar-refractivity contribution in [1.29, 1.82) is 0 Å². The fourth-order valence-electron chi connectivity index (χ4n) is 3.27. The summed E-state index contributed by atoms with van der Waals surface area (Å²) in [5, 5.41) is 3.44. The average molecular weight is 285 g/mol. The number of hydrogen-bond donors (Lipinski definition) is 1. The van der Waals surface area contributed by atoms with Gasteiger partial charge < -0.3 is 14.5 Å². The van der Waals surface area contributed by atoms with Gasteiger partial charge in [0.05, 0.1) is 12.6 Å². The Bertz CT molecular complexity index is 657. The molecule has 2 heterocycles. The molecule has 0 radical (unpaired) electrons. The second-order valence-electron chi connectivity index (χ2n) is 5.79. The predicted octanol–water partition coefficient (Wildman–Crippen LogP) is 3.84. The van der Waals surface area contributed by atoms with E-state index in [9.17, 15) is 0 Å². The minimum atomic E-state index is 0.162. The first-order valence-corrected chi connectivity index (χ1v) is 7.61. The van der Waals surface area contributed by atoms with E-state index >= 15 is 0 Å². The van der Waals surface area contributed by atoms with E-state index in [1.807, 2.05) is 20.9 Å². The Hall–Kier alpha value is -1.74. The normalized spacial score (nSPS) is 15.4. The van der Waals surface area contributed by atoms with E-state index in [4.69, 9.17) is 9.15 Å². The van der Waals surface area contributed by atoms with Gasteiger partial charge in [-0.2, -0.15) is 0 Å². The van der Waals surface area contributed by atoms with Gasteiger partial charge in [-0.25, -0.2) is 0 Å². The maximum atomic E-state index is 5.80. The number of benzene rings is 1. The molecule has 1 aliphatic rings. The van der Waals surface area contributed by atoms with Gasteiger partial charge >= 0.3 is 0 Å². The minimum Gasteiger partial charge on any atom is -0.493 e. The van der Waals surface area contributed by atoms with E-state index in [1.165, 1.54) is 22.3 Å². The summed E-state index contributed by atoms with van der Waals surface area (Å²) >= 11 is 0. The van der Waals surface area contributed by atoms with E-state index in [1.54, 1.807) is 0 Å². The van der Waals surface area contributed by atoms with E-state index in [2.05, 4.69) is 30.4 Å².